The Kier molecular flexibility index (Phi) is 6.87. The van der Waals surface area contributed by atoms with Gasteiger partial charge in [0.15, 0.2) is 0 Å². The number of nitrogens with zero attached hydrogens (tertiary/aromatic N) is 2. The topological polar surface area (TPSA) is 19.1 Å². The van der Waals surface area contributed by atoms with Gasteiger partial charge in [-0.05, 0) is 113 Å². The third-order valence-corrected chi connectivity index (χ3v) is 13.0. The minimum atomic E-state index is -0.380. The first-order valence-electron chi connectivity index (χ1n) is 20.2. The maximum Gasteiger partial charge on any atom is 0.135 e. The number of hydrogen-bond donors (Lipinski definition) is 0. The molecule has 0 radical (unpaired) electrons. The van der Waals surface area contributed by atoms with E-state index in [1.807, 2.05) is 0 Å². The molecule has 3 nitrogen and oxygen atoms in total. The lowest BCUT2D eigenvalue weighted by Crippen LogP contribution is -2.32. The zero-order valence-electron chi connectivity index (χ0n) is 31.9. The first-order valence-corrected chi connectivity index (χ1v) is 20.2. The van der Waals surface area contributed by atoms with Crippen LogP contribution < -0.4 is 4.74 Å². The Balaban J connectivity index is 1.08. The molecule has 12 rings (SSSR count). The van der Waals surface area contributed by atoms with Crippen molar-refractivity contribution in [3.8, 4) is 33.7 Å². The van der Waals surface area contributed by atoms with Gasteiger partial charge in [-0.25, -0.2) is 0 Å². The summed E-state index contributed by atoms with van der Waals surface area (Å²) in [5.41, 5.74) is 14.5. The molecule has 0 bridgehead atoms. The van der Waals surface area contributed by atoms with E-state index < -0.39 is 0 Å². The fraction of sp³-hybridized carbons (Fsp3) is 0.111. The third kappa shape index (κ3) is 4.72. The molecule has 7 aromatic carbocycles. The molecule has 3 heterocycles. The summed E-state index contributed by atoms with van der Waals surface area (Å²) in [5.74, 6) is 1.46. The van der Waals surface area contributed by atoms with E-state index in [4.69, 9.17) is 4.74 Å². The first kappa shape index (κ1) is 32.4. The van der Waals surface area contributed by atoms with Crippen molar-refractivity contribution in [1.29, 1.82) is 0 Å². The maximum absolute atomic E-state index is 6.65. The fourth-order valence-corrected chi connectivity index (χ4v) is 10.3. The molecule has 0 spiro atoms. The molecule has 2 aromatic heterocycles. The second-order valence-corrected chi connectivity index (χ2v) is 16.3. The number of ether oxygens (including phenoxy) is 1. The van der Waals surface area contributed by atoms with Crippen LogP contribution in [0.2, 0.25) is 0 Å². The van der Waals surface area contributed by atoms with Gasteiger partial charge < -0.3 is 13.9 Å². The van der Waals surface area contributed by atoms with E-state index in [1.165, 1.54) is 88.2 Å². The lowest BCUT2D eigenvalue weighted by atomic mass is 9.79. The van der Waals surface area contributed by atoms with E-state index in [1.54, 1.807) is 0 Å². The molecule has 4 atom stereocenters. The number of rotatable bonds is 4. The highest BCUT2D eigenvalue weighted by Gasteiger charge is 2.44. The SMILES string of the molecule is C[C@H]1C=Cc2ccccc2C1n1c2ccc(-c3ccc4c(c3)c3ccccc3n4-c3ccccc3)cc2c2cc(-c3cccc4c3C3C=CC=CC3(C)O4)ccc21. The number of benzene rings is 7. The summed E-state index contributed by atoms with van der Waals surface area (Å²) in [4.78, 5) is 0. The van der Waals surface area contributed by atoms with Crippen molar-refractivity contribution in [3.05, 3.63) is 199 Å². The fourth-order valence-electron chi connectivity index (χ4n) is 10.3. The Morgan fingerprint density at radius 2 is 1.23 bits per heavy atom. The summed E-state index contributed by atoms with van der Waals surface area (Å²) in [5, 5.41) is 5.06. The highest BCUT2D eigenvalue weighted by Crippen LogP contribution is 2.52. The molecule has 57 heavy (non-hydrogen) atoms. The summed E-state index contributed by atoms with van der Waals surface area (Å²) in [6, 6.07) is 56.4. The van der Waals surface area contributed by atoms with Gasteiger partial charge in [0.2, 0.25) is 0 Å². The van der Waals surface area contributed by atoms with E-state index in [0.29, 0.717) is 5.92 Å². The van der Waals surface area contributed by atoms with Crippen molar-refractivity contribution in [2.75, 3.05) is 0 Å². The molecule has 1 aliphatic heterocycles. The van der Waals surface area contributed by atoms with Crippen LogP contribution in [0.15, 0.2) is 182 Å². The number of para-hydroxylation sites is 2. The number of allylic oxidation sites excluding steroid dienone is 3. The molecular formula is C54H40N2O. The van der Waals surface area contributed by atoms with Crippen LogP contribution in [0.5, 0.6) is 5.75 Å². The van der Waals surface area contributed by atoms with Gasteiger partial charge in [-0.1, -0.05) is 128 Å². The monoisotopic (exact) mass is 732 g/mol. The largest absolute Gasteiger partial charge is 0.482 e. The van der Waals surface area contributed by atoms with Crippen molar-refractivity contribution in [2.24, 2.45) is 5.92 Å². The Morgan fingerprint density at radius 1 is 0.561 bits per heavy atom. The Morgan fingerprint density at radius 3 is 2.05 bits per heavy atom. The molecule has 0 saturated carbocycles. The molecule has 3 aliphatic rings. The van der Waals surface area contributed by atoms with E-state index in [2.05, 4.69) is 211 Å². The van der Waals surface area contributed by atoms with Crippen LogP contribution in [-0.2, 0) is 0 Å². The van der Waals surface area contributed by atoms with Gasteiger partial charge in [0, 0.05) is 49.7 Å². The molecular weight excluding hydrogens is 693 g/mol. The Hall–Kier alpha value is -6.84. The zero-order chi connectivity index (χ0) is 37.8. The van der Waals surface area contributed by atoms with Crippen molar-refractivity contribution in [2.45, 2.75) is 31.4 Å². The van der Waals surface area contributed by atoms with Crippen molar-refractivity contribution < 1.29 is 4.74 Å². The lowest BCUT2D eigenvalue weighted by Gasteiger charge is -2.30. The van der Waals surface area contributed by atoms with Gasteiger partial charge in [0.1, 0.15) is 11.4 Å². The number of aromatic nitrogens is 2. The summed E-state index contributed by atoms with van der Waals surface area (Å²) >= 11 is 0. The van der Waals surface area contributed by atoms with Gasteiger partial charge in [-0.15, -0.1) is 0 Å². The Bertz CT molecular complexity index is 3210. The van der Waals surface area contributed by atoms with Crippen LogP contribution in [0.4, 0.5) is 0 Å². The average molecular weight is 733 g/mol. The van der Waals surface area contributed by atoms with E-state index in [-0.39, 0.29) is 17.6 Å². The summed E-state index contributed by atoms with van der Waals surface area (Å²) in [6.45, 7) is 4.56. The predicted molar refractivity (Wildman–Crippen MR) is 237 cm³/mol. The molecule has 0 amide bonds. The average Bonchev–Trinajstić information content (AvgIpc) is 3.88. The maximum atomic E-state index is 6.65. The predicted octanol–water partition coefficient (Wildman–Crippen LogP) is 13.8. The second-order valence-electron chi connectivity index (χ2n) is 16.3. The summed E-state index contributed by atoms with van der Waals surface area (Å²) in [6.07, 6.45) is 13.5. The third-order valence-electron chi connectivity index (χ3n) is 13.0. The smallest absolute Gasteiger partial charge is 0.135 e. The highest BCUT2D eigenvalue weighted by atomic mass is 16.5. The minimum Gasteiger partial charge on any atom is -0.482 e. The van der Waals surface area contributed by atoms with Gasteiger partial charge in [-0.3, -0.25) is 0 Å². The van der Waals surface area contributed by atoms with Crippen LogP contribution in [-0.4, -0.2) is 14.7 Å². The van der Waals surface area contributed by atoms with E-state index in [0.717, 1.165) is 5.75 Å². The van der Waals surface area contributed by atoms with E-state index >= 15 is 0 Å². The van der Waals surface area contributed by atoms with Gasteiger partial charge in [0.05, 0.1) is 17.1 Å². The quantitative estimate of drug-likeness (QED) is 0.176. The van der Waals surface area contributed by atoms with Crippen LogP contribution >= 0.6 is 0 Å². The van der Waals surface area contributed by atoms with Crippen LogP contribution in [0, 0.1) is 5.92 Å². The second kappa shape index (κ2) is 12.1. The molecule has 0 saturated heterocycles. The van der Waals surface area contributed by atoms with Gasteiger partial charge in [0.25, 0.3) is 0 Å². The molecule has 2 aliphatic carbocycles. The minimum absolute atomic E-state index is 0.159. The Labute approximate surface area is 332 Å². The van der Waals surface area contributed by atoms with E-state index in [9.17, 15) is 0 Å². The molecule has 0 N–H and O–H groups in total. The summed E-state index contributed by atoms with van der Waals surface area (Å²) < 4.78 is 11.6. The van der Waals surface area contributed by atoms with Crippen molar-refractivity contribution in [1.82, 2.24) is 9.13 Å². The normalized spacial score (nSPS) is 20.6. The van der Waals surface area contributed by atoms with Crippen molar-refractivity contribution >= 4 is 49.7 Å². The van der Waals surface area contributed by atoms with Crippen LogP contribution in [0.25, 0.3) is 77.6 Å². The highest BCUT2D eigenvalue weighted by molar-refractivity contribution is 6.13. The van der Waals surface area contributed by atoms with Crippen LogP contribution in [0.3, 0.4) is 0 Å². The molecule has 3 heteroatoms. The van der Waals surface area contributed by atoms with Gasteiger partial charge >= 0.3 is 0 Å². The lowest BCUT2D eigenvalue weighted by molar-refractivity contribution is 0.155. The first-order chi connectivity index (χ1) is 28.0. The number of hydrogen-bond acceptors (Lipinski definition) is 1. The standard InChI is InChI=1S/C54H40N2O/c1-34-22-23-35-13-6-7-16-41(35)53(34)56-49-28-25-37(36-24-27-48-43(31-36)42-17-8-9-20-47(42)55(48)39-14-4-3-5-15-39)32-44(49)45-33-38(26-29-50(45)56)40-18-12-21-51-52(40)46-19-10-11-30-54(46,2)57-51/h3-34,46,53H,1-2H3/t34-,46?,53?,54?/m0/s1. The van der Waals surface area contributed by atoms with Gasteiger partial charge in [-0.2, -0.15) is 0 Å². The molecule has 9 aromatic rings. The molecule has 3 unspecified atom stereocenters. The molecule has 0 fully saturated rings. The van der Waals surface area contributed by atoms with Crippen LogP contribution in [0.1, 0.15) is 42.5 Å². The number of fused-ring (bicyclic) bond motifs is 10. The zero-order valence-corrected chi connectivity index (χ0v) is 31.9. The molecule has 272 valence electrons. The summed E-state index contributed by atoms with van der Waals surface area (Å²) in [7, 11) is 0. The van der Waals surface area contributed by atoms with Crippen molar-refractivity contribution in [3.63, 3.8) is 0 Å².